The Kier molecular flexibility index (Phi) is 3.72. The van der Waals surface area contributed by atoms with Gasteiger partial charge in [0, 0.05) is 5.92 Å². The molecular formula is C10H11IO. The number of carbonyl (C=O) groups is 1. The molecule has 1 nitrogen and oxygen atoms in total. The quantitative estimate of drug-likeness (QED) is 0.612. The number of halogens is 1. The molecule has 0 heterocycles. The van der Waals surface area contributed by atoms with Gasteiger partial charge in [-0.15, -0.1) is 0 Å². The zero-order valence-corrected chi connectivity index (χ0v) is 9.11. The minimum Gasteiger partial charge on any atom is -0.287 e. The zero-order chi connectivity index (χ0) is 8.97. The van der Waals surface area contributed by atoms with E-state index >= 15 is 0 Å². The van der Waals surface area contributed by atoms with Gasteiger partial charge in [-0.1, -0.05) is 37.3 Å². The standard InChI is InChI=1S/C10H11IO/c1-8(10(11)12)7-9-5-3-2-4-6-9/h2-6,8H,7H2,1H3/t8-/m0/s1. The van der Waals surface area contributed by atoms with Crippen LogP contribution in [0.2, 0.25) is 0 Å². The Bertz CT molecular complexity index is 256. The SMILES string of the molecule is C[C@@H](Cc1ccccc1)C(=O)I. The fourth-order valence-electron chi connectivity index (χ4n) is 1.05. The second-order valence-electron chi connectivity index (χ2n) is 2.89. The molecule has 0 aliphatic rings. The van der Waals surface area contributed by atoms with Crippen LogP contribution in [0, 0.1) is 5.92 Å². The van der Waals surface area contributed by atoms with Gasteiger partial charge in [-0.25, -0.2) is 0 Å². The third-order valence-electron chi connectivity index (χ3n) is 1.77. The molecule has 0 amide bonds. The van der Waals surface area contributed by atoms with Gasteiger partial charge >= 0.3 is 0 Å². The molecule has 0 radical (unpaired) electrons. The molecule has 0 N–H and O–H groups in total. The molecule has 0 fully saturated rings. The van der Waals surface area contributed by atoms with Crippen LogP contribution in [-0.2, 0) is 11.2 Å². The van der Waals surface area contributed by atoms with Gasteiger partial charge in [0.25, 0.3) is 0 Å². The Labute approximate surface area is 86.3 Å². The average molecular weight is 274 g/mol. The Hall–Kier alpha value is -0.380. The molecule has 1 aromatic rings. The van der Waals surface area contributed by atoms with Crippen LogP contribution in [0.25, 0.3) is 0 Å². The number of hydrogen-bond acceptors (Lipinski definition) is 1. The molecular weight excluding hydrogens is 263 g/mol. The van der Waals surface area contributed by atoms with Gasteiger partial charge in [-0.2, -0.15) is 0 Å². The monoisotopic (exact) mass is 274 g/mol. The molecule has 2 heteroatoms. The van der Waals surface area contributed by atoms with Crippen molar-refractivity contribution in [1.82, 2.24) is 0 Å². The van der Waals surface area contributed by atoms with E-state index in [4.69, 9.17) is 0 Å². The smallest absolute Gasteiger partial charge is 0.195 e. The highest BCUT2D eigenvalue weighted by molar-refractivity contribution is 14.1. The fraction of sp³-hybridized carbons (Fsp3) is 0.300. The predicted molar refractivity (Wildman–Crippen MR) is 58.3 cm³/mol. The van der Waals surface area contributed by atoms with Gasteiger partial charge in [-0.05, 0) is 34.6 Å². The molecule has 0 bridgehead atoms. The van der Waals surface area contributed by atoms with E-state index in [1.54, 1.807) is 0 Å². The summed E-state index contributed by atoms with van der Waals surface area (Å²) < 4.78 is 0.233. The first-order chi connectivity index (χ1) is 5.70. The molecule has 0 aromatic heterocycles. The Balaban J connectivity index is 2.58. The van der Waals surface area contributed by atoms with E-state index in [2.05, 4.69) is 12.1 Å². The van der Waals surface area contributed by atoms with Gasteiger partial charge in [0.15, 0.2) is 3.79 Å². The molecule has 0 saturated carbocycles. The largest absolute Gasteiger partial charge is 0.287 e. The number of hydrogen-bond donors (Lipinski definition) is 0. The summed E-state index contributed by atoms with van der Waals surface area (Å²) >= 11 is 1.86. The highest BCUT2D eigenvalue weighted by atomic mass is 127. The third kappa shape index (κ3) is 2.93. The van der Waals surface area contributed by atoms with Crippen LogP contribution < -0.4 is 0 Å². The Morgan fingerprint density at radius 1 is 1.42 bits per heavy atom. The van der Waals surface area contributed by atoms with Crippen LogP contribution in [-0.4, -0.2) is 3.79 Å². The van der Waals surface area contributed by atoms with Crippen molar-refractivity contribution in [3.63, 3.8) is 0 Å². The summed E-state index contributed by atoms with van der Waals surface area (Å²) in [7, 11) is 0. The molecule has 12 heavy (non-hydrogen) atoms. The van der Waals surface area contributed by atoms with Crippen molar-refractivity contribution in [2.24, 2.45) is 5.92 Å². The molecule has 0 aliphatic heterocycles. The van der Waals surface area contributed by atoms with E-state index in [1.807, 2.05) is 47.7 Å². The van der Waals surface area contributed by atoms with Gasteiger partial charge < -0.3 is 0 Å². The molecule has 0 saturated heterocycles. The van der Waals surface area contributed by atoms with Gasteiger partial charge in [-0.3, -0.25) is 4.79 Å². The van der Waals surface area contributed by atoms with Crippen LogP contribution >= 0.6 is 22.6 Å². The highest BCUT2D eigenvalue weighted by Gasteiger charge is 2.08. The summed E-state index contributed by atoms with van der Waals surface area (Å²) in [4.78, 5) is 10.9. The maximum Gasteiger partial charge on any atom is 0.195 e. The van der Waals surface area contributed by atoms with Crippen molar-refractivity contribution in [1.29, 1.82) is 0 Å². The van der Waals surface area contributed by atoms with E-state index in [0.29, 0.717) is 0 Å². The van der Waals surface area contributed by atoms with Crippen molar-refractivity contribution in [3.8, 4) is 0 Å². The lowest BCUT2D eigenvalue weighted by Crippen LogP contribution is -2.06. The van der Waals surface area contributed by atoms with Crippen LogP contribution in [0.4, 0.5) is 0 Å². The van der Waals surface area contributed by atoms with Crippen LogP contribution in [0.15, 0.2) is 30.3 Å². The molecule has 1 aromatic carbocycles. The Morgan fingerprint density at radius 3 is 2.50 bits per heavy atom. The van der Waals surface area contributed by atoms with Gasteiger partial charge in [0.05, 0.1) is 0 Å². The first-order valence-electron chi connectivity index (χ1n) is 3.93. The number of rotatable bonds is 3. The topological polar surface area (TPSA) is 17.1 Å². The molecule has 0 unspecified atom stereocenters. The van der Waals surface area contributed by atoms with E-state index in [9.17, 15) is 4.79 Å². The second kappa shape index (κ2) is 4.60. The maximum absolute atomic E-state index is 10.9. The van der Waals surface area contributed by atoms with Crippen LogP contribution in [0.5, 0.6) is 0 Å². The molecule has 0 aliphatic carbocycles. The van der Waals surface area contributed by atoms with Gasteiger partial charge in [0.2, 0.25) is 0 Å². The zero-order valence-electron chi connectivity index (χ0n) is 6.96. The second-order valence-corrected chi connectivity index (χ2v) is 3.96. The fourth-order valence-corrected chi connectivity index (χ4v) is 1.27. The van der Waals surface area contributed by atoms with Crippen molar-refractivity contribution in [2.75, 3.05) is 0 Å². The van der Waals surface area contributed by atoms with E-state index < -0.39 is 0 Å². The van der Waals surface area contributed by atoms with Gasteiger partial charge in [0.1, 0.15) is 0 Å². The average Bonchev–Trinajstić information content (AvgIpc) is 2.06. The summed E-state index contributed by atoms with van der Waals surface area (Å²) in [6, 6.07) is 10.1. The third-order valence-corrected chi connectivity index (χ3v) is 2.84. The minimum absolute atomic E-state index is 0.132. The predicted octanol–water partition coefficient (Wildman–Crippen LogP) is 2.83. The summed E-state index contributed by atoms with van der Waals surface area (Å²) in [5.74, 6) is 0.132. The number of carbonyl (C=O) groups excluding carboxylic acids is 1. The Morgan fingerprint density at radius 2 is 2.00 bits per heavy atom. The van der Waals surface area contributed by atoms with E-state index in [0.717, 1.165) is 6.42 Å². The van der Waals surface area contributed by atoms with E-state index in [-0.39, 0.29) is 9.71 Å². The van der Waals surface area contributed by atoms with Crippen LogP contribution in [0.3, 0.4) is 0 Å². The molecule has 64 valence electrons. The van der Waals surface area contributed by atoms with Crippen molar-refractivity contribution < 1.29 is 4.79 Å². The lowest BCUT2D eigenvalue weighted by Gasteiger charge is -2.05. The molecule has 1 atom stereocenters. The summed E-state index contributed by atoms with van der Waals surface area (Å²) in [5.41, 5.74) is 1.23. The summed E-state index contributed by atoms with van der Waals surface area (Å²) in [5, 5.41) is 0. The summed E-state index contributed by atoms with van der Waals surface area (Å²) in [6.45, 7) is 1.96. The minimum atomic E-state index is 0.132. The van der Waals surface area contributed by atoms with Crippen molar-refractivity contribution in [2.45, 2.75) is 13.3 Å². The number of benzene rings is 1. The summed E-state index contributed by atoms with van der Waals surface area (Å²) in [6.07, 6.45) is 0.850. The lowest BCUT2D eigenvalue weighted by atomic mass is 10.0. The normalized spacial score (nSPS) is 12.5. The molecule has 0 spiro atoms. The van der Waals surface area contributed by atoms with Crippen molar-refractivity contribution >= 4 is 26.4 Å². The first-order valence-corrected chi connectivity index (χ1v) is 5.01. The van der Waals surface area contributed by atoms with Crippen LogP contribution in [0.1, 0.15) is 12.5 Å². The van der Waals surface area contributed by atoms with E-state index in [1.165, 1.54) is 5.56 Å². The molecule has 1 rings (SSSR count). The lowest BCUT2D eigenvalue weighted by molar-refractivity contribution is -0.112. The highest BCUT2D eigenvalue weighted by Crippen LogP contribution is 2.11. The van der Waals surface area contributed by atoms with Crippen molar-refractivity contribution in [3.05, 3.63) is 35.9 Å². The maximum atomic E-state index is 10.9. The first kappa shape index (κ1) is 9.71.